The maximum Gasteiger partial charge on any atom is 0.220 e. The third-order valence-corrected chi connectivity index (χ3v) is 3.10. The van der Waals surface area contributed by atoms with Gasteiger partial charge in [-0.2, -0.15) is 0 Å². The minimum absolute atomic E-state index is 0.0433. The lowest BCUT2D eigenvalue weighted by Crippen LogP contribution is -2.32. The van der Waals surface area contributed by atoms with Crippen LogP contribution in [-0.2, 0) is 11.2 Å². The minimum Gasteiger partial charge on any atom is -0.494 e. The van der Waals surface area contributed by atoms with Crippen molar-refractivity contribution in [3.63, 3.8) is 0 Å². The molecule has 0 aliphatic heterocycles. The van der Waals surface area contributed by atoms with Gasteiger partial charge in [-0.05, 0) is 44.7 Å². The SMILES string of the molecule is CCOc1ccccc1CCC(=O)NC(C)CCCO. The smallest absolute Gasteiger partial charge is 0.220 e. The van der Waals surface area contributed by atoms with Crippen LogP contribution in [0.15, 0.2) is 24.3 Å². The van der Waals surface area contributed by atoms with E-state index in [1.807, 2.05) is 38.1 Å². The summed E-state index contributed by atoms with van der Waals surface area (Å²) < 4.78 is 5.54. The van der Waals surface area contributed by atoms with Crippen LogP contribution in [0, 0.1) is 0 Å². The van der Waals surface area contributed by atoms with E-state index in [9.17, 15) is 4.79 Å². The van der Waals surface area contributed by atoms with Gasteiger partial charge in [-0.1, -0.05) is 18.2 Å². The number of amides is 1. The number of para-hydroxylation sites is 1. The van der Waals surface area contributed by atoms with E-state index in [4.69, 9.17) is 9.84 Å². The van der Waals surface area contributed by atoms with Gasteiger partial charge in [0.1, 0.15) is 5.75 Å². The summed E-state index contributed by atoms with van der Waals surface area (Å²) in [5.41, 5.74) is 1.06. The van der Waals surface area contributed by atoms with Crippen molar-refractivity contribution in [1.29, 1.82) is 0 Å². The van der Waals surface area contributed by atoms with Gasteiger partial charge in [-0.15, -0.1) is 0 Å². The van der Waals surface area contributed by atoms with E-state index in [1.54, 1.807) is 0 Å². The van der Waals surface area contributed by atoms with Crippen molar-refractivity contribution in [1.82, 2.24) is 5.32 Å². The molecule has 2 N–H and O–H groups in total. The van der Waals surface area contributed by atoms with Gasteiger partial charge in [-0.25, -0.2) is 0 Å². The van der Waals surface area contributed by atoms with Crippen molar-refractivity contribution in [3.05, 3.63) is 29.8 Å². The van der Waals surface area contributed by atoms with Crippen LogP contribution in [-0.4, -0.2) is 30.3 Å². The number of aryl methyl sites for hydroxylation is 1. The van der Waals surface area contributed by atoms with Crippen LogP contribution >= 0.6 is 0 Å². The average molecular weight is 279 g/mol. The summed E-state index contributed by atoms with van der Waals surface area (Å²) in [6.45, 7) is 4.71. The highest BCUT2D eigenvalue weighted by atomic mass is 16.5. The van der Waals surface area contributed by atoms with Crippen molar-refractivity contribution < 1.29 is 14.6 Å². The molecular weight excluding hydrogens is 254 g/mol. The zero-order chi connectivity index (χ0) is 14.8. The number of hydrogen-bond acceptors (Lipinski definition) is 3. The largest absolute Gasteiger partial charge is 0.494 e. The maximum absolute atomic E-state index is 11.8. The number of carbonyl (C=O) groups is 1. The van der Waals surface area contributed by atoms with Gasteiger partial charge in [-0.3, -0.25) is 4.79 Å². The second kappa shape index (κ2) is 9.37. The number of aliphatic hydroxyl groups excluding tert-OH is 1. The molecule has 0 spiro atoms. The van der Waals surface area contributed by atoms with Crippen molar-refractivity contribution in [2.45, 2.75) is 45.6 Å². The molecule has 0 aromatic heterocycles. The molecule has 1 amide bonds. The Labute approximate surface area is 121 Å². The molecule has 1 unspecified atom stereocenters. The van der Waals surface area contributed by atoms with E-state index in [2.05, 4.69) is 5.32 Å². The van der Waals surface area contributed by atoms with Crippen molar-refractivity contribution in [3.8, 4) is 5.75 Å². The fourth-order valence-corrected chi connectivity index (χ4v) is 2.07. The number of ether oxygens (including phenoxy) is 1. The first kappa shape index (κ1) is 16.5. The zero-order valence-corrected chi connectivity index (χ0v) is 12.4. The molecular formula is C16H25NO3. The molecule has 112 valence electrons. The van der Waals surface area contributed by atoms with Gasteiger partial charge >= 0.3 is 0 Å². The highest BCUT2D eigenvalue weighted by Gasteiger charge is 2.09. The third-order valence-electron chi connectivity index (χ3n) is 3.10. The molecule has 0 saturated carbocycles. The predicted molar refractivity (Wildman–Crippen MR) is 79.9 cm³/mol. The van der Waals surface area contributed by atoms with Gasteiger partial charge < -0.3 is 15.2 Å². The second-order valence-electron chi connectivity index (χ2n) is 4.88. The van der Waals surface area contributed by atoms with Crippen LogP contribution in [0.4, 0.5) is 0 Å². The molecule has 0 heterocycles. The van der Waals surface area contributed by atoms with Gasteiger partial charge in [0, 0.05) is 19.1 Å². The normalized spacial score (nSPS) is 11.9. The lowest BCUT2D eigenvalue weighted by atomic mass is 10.1. The summed E-state index contributed by atoms with van der Waals surface area (Å²) in [5.74, 6) is 0.901. The van der Waals surface area contributed by atoms with Gasteiger partial charge in [0.05, 0.1) is 6.61 Å². The molecule has 0 aliphatic rings. The van der Waals surface area contributed by atoms with Crippen LogP contribution < -0.4 is 10.1 Å². The number of nitrogens with one attached hydrogen (secondary N) is 1. The molecule has 20 heavy (non-hydrogen) atoms. The van der Waals surface area contributed by atoms with Crippen LogP contribution in [0.1, 0.15) is 38.7 Å². The first-order valence-electron chi connectivity index (χ1n) is 7.28. The highest BCUT2D eigenvalue weighted by molar-refractivity contribution is 5.76. The molecule has 0 bridgehead atoms. The molecule has 1 aromatic rings. The Balaban J connectivity index is 2.40. The Kier molecular flexibility index (Phi) is 7.73. The first-order chi connectivity index (χ1) is 9.67. The monoisotopic (exact) mass is 279 g/mol. The zero-order valence-electron chi connectivity index (χ0n) is 12.4. The summed E-state index contributed by atoms with van der Waals surface area (Å²) >= 11 is 0. The standard InChI is InChI=1S/C16H25NO3/c1-3-20-15-9-5-4-8-14(15)10-11-16(19)17-13(2)7-6-12-18/h4-5,8-9,13,18H,3,6-7,10-12H2,1-2H3,(H,17,19). The molecule has 0 saturated heterocycles. The van der Waals surface area contributed by atoms with E-state index in [1.165, 1.54) is 0 Å². The summed E-state index contributed by atoms with van der Waals surface area (Å²) in [6.07, 6.45) is 2.65. The number of hydrogen-bond donors (Lipinski definition) is 2. The van der Waals surface area contributed by atoms with Crippen LogP contribution in [0.5, 0.6) is 5.75 Å². The van der Waals surface area contributed by atoms with Crippen LogP contribution in [0.3, 0.4) is 0 Å². The summed E-state index contributed by atoms with van der Waals surface area (Å²) in [4.78, 5) is 11.8. The van der Waals surface area contributed by atoms with Crippen molar-refractivity contribution in [2.75, 3.05) is 13.2 Å². The summed E-state index contributed by atoms with van der Waals surface area (Å²) in [5, 5.41) is 11.7. The van der Waals surface area contributed by atoms with Crippen molar-refractivity contribution >= 4 is 5.91 Å². The highest BCUT2D eigenvalue weighted by Crippen LogP contribution is 2.19. The molecule has 1 atom stereocenters. The van der Waals surface area contributed by atoms with Gasteiger partial charge in [0.15, 0.2) is 0 Å². The predicted octanol–water partition coefficient (Wildman–Crippen LogP) is 2.30. The van der Waals surface area contributed by atoms with E-state index in [0.29, 0.717) is 25.9 Å². The Hall–Kier alpha value is -1.55. The maximum atomic E-state index is 11.8. The lowest BCUT2D eigenvalue weighted by molar-refractivity contribution is -0.121. The molecule has 0 aliphatic carbocycles. The second-order valence-corrected chi connectivity index (χ2v) is 4.88. The van der Waals surface area contributed by atoms with E-state index >= 15 is 0 Å². The lowest BCUT2D eigenvalue weighted by Gasteiger charge is -2.14. The number of benzene rings is 1. The fraction of sp³-hybridized carbons (Fsp3) is 0.562. The van der Waals surface area contributed by atoms with E-state index < -0.39 is 0 Å². The summed E-state index contributed by atoms with van der Waals surface area (Å²) in [7, 11) is 0. The molecule has 0 radical (unpaired) electrons. The van der Waals surface area contributed by atoms with E-state index in [-0.39, 0.29) is 18.6 Å². The number of rotatable bonds is 9. The molecule has 1 rings (SSSR count). The van der Waals surface area contributed by atoms with Crippen molar-refractivity contribution in [2.24, 2.45) is 0 Å². The van der Waals surface area contributed by atoms with Gasteiger partial charge in [0.2, 0.25) is 5.91 Å². The Bertz CT molecular complexity index is 406. The molecule has 4 heteroatoms. The molecule has 0 fully saturated rings. The summed E-state index contributed by atoms with van der Waals surface area (Å²) in [6, 6.07) is 7.93. The Morgan fingerprint density at radius 3 is 2.85 bits per heavy atom. The minimum atomic E-state index is 0.0433. The Morgan fingerprint density at radius 2 is 2.15 bits per heavy atom. The number of carbonyl (C=O) groups excluding carboxylic acids is 1. The first-order valence-corrected chi connectivity index (χ1v) is 7.28. The molecule has 4 nitrogen and oxygen atoms in total. The molecule has 1 aromatic carbocycles. The average Bonchev–Trinajstić information content (AvgIpc) is 2.44. The topological polar surface area (TPSA) is 58.6 Å². The number of aliphatic hydroxyl groups is 1. The van der Waals surface area contributed by atoms with Crippen LogP contribution in [0.25, 0.3) is 0 Å². The third kappa shape index (κ3) is 6.06. The fourth-order valence-electron chi connectivity index (χ4n) is 2.07. The Morgan fingerprint density at radius 1 is 1.40 bits per heavy atom. The quantitative estimate of drug-likeness (QED) is 0.729. The van der Waals surface area contributed by atoms with Gasteiger partial charge in [0.25, 0.3) is 0 Å². The van der Waals surface area contributed by atoms with E-state index in [0.717, 1.165) is 17.7 Å². The van der Waals surface area contributed by atoms with Crippen LogP contribution in [0.2, 0.25) is 0 Å².